The fourth-order valence-electron chi connectivity index (χ4n) is 3.01. The Morgan fingerprint density at radius 3 is 2.72 bits per heavy atom. The van der Waals surface area contributed by atoms with Crippen molar-refractivity contribution in [2.75, 3.05) is 31.2 Å². The van der Waals surface area contributed by atoms with Crippen molar-refractivity contribution >= 4 is 29.9 Å². The van der Waals surface area contributed by atoms with Crippen molar-refractivity contribution in [3.63, 3.8) is 0 Å². The molecule has 2 N–H and O–H groups in total. The summed E-state index contributed by atoms with van der Waals surface area (Å²) in [5.41, 5.74) is -0.360. The topological polar surface area (TPSA) is 70.7 Å². The van der Waals surface area contributed by atoms with E-state index in [-0.39, 0.29) is 43.0 Å². The standard InChI is InChI=1S/C16H19F2N3O3.ClH/c17-11-2-1-3-12(18)15(11)21-6-4-13(16(21)23)20-14(22)8-10-9-24-7-5-19-10;/h1-3,10,13,19H,4-9H2,(H,20,22);1H. The maximum atomic E-state index is 13.8. The van der Waals surface area contributed by atoms with Crippen molar-refractivity contribution < 1.29 is 23.1 Å². The molecule has 138 valence electrons. The summed E-state index contributed by atoms with van der Waals surface area (Å²) in [4.78, 5) is 25.5. The van der Waals surface area contributed by atoms with Gasteiger partial charge in [-0.2, -0.15) is 0 Å². The summed E-state index contributed by atoms with van der Waals surface area (Å²) in [6, 6.07) is 2.60. The van der Waals surface area contributed by atoms with Crippen LogP contribution in [0.25, 0.3) is 0 Å². The summed E-state index contributed by atoms with van der Waals surface area (Å²) < 4.78 is 32.9. The van der Waals surface area contributed by atoms with Gasteiger partial charge in [-0.1, -0.05) is 6.07 Å². The minimum atomic E-state index is -0.793. The predicted molar refractivity (Wildman–Crippen MR) is 89.7 cm³/mol. The molecule has 2 unspecified atom stereocenters. The summed E-state index contributed by atoms with van der Waals surface area (Å²) >= 11 is 0. The number of carbonyl (C=O) groups is 2. The lowest BCUT2D eigenvalue weighted by atomic mass is 10.1. The third-order valence-corrected chi connectivity index (χ3v) is 4.18. The number of carbonyl (C=O) groups excluding carboxylic acids is 2. The lowest BCUT2D eigenvalue weighted by Gasteiger charge is -2.24. The summed E-state index contributed by atoms with van der Waals surface area (Å²) in [7, 11) is 0. The number of hydrogen-bond acceptors (Lipinski definition) is 4. The van der Waals surface area contributed by atoms with Gasteiger partial charge in [0.15, 0.2) is 0 Å². The molecule has 3 rings (SSSR count). The van der Waals surface area contributed by atoms with Gasteiger partial charge < -0.3 is 20.3 Å². The number of halogens is 3. The molecule has 0 radical (unpaired) electrons. The monoisotopic (exact) mass is 375 g/mol. The fourth-order valence-corrected chi connectivity index (χ4v) is 3.01. The number of anilines is 1. The van der Waals surface area contributed by atoms with Gasteiger partial charge in [0.2, 0.25) is 11.8 Å². The fraction of sp³-hybridized carbons (Fsp3) is 0.500. The summed E-state index contributed by atoms with van der Waals surface area (Å²) in [6.45, 7) is 1.90. The Labute approximate surface area is 150 Å². The van der Waals surface area contributed by atoms with Crippen LogP contribution in [0.15, 0.2) is 18.2 Å². The van der Waals surface area contributed by atoms with Crippen LogP contribution < -0.4 is 15.5 Å². The van der Waals surface area contributed by atoms with Crippen molar-refractivity contribution in [2.24, 2.45) is 0 Å². The van der Waals surface area contributed by atoms with Crippen LogP contribution in [-0.2, 0) is 14.3 Å². The highest BCUT2D eigenvalue weighted by molar-refractivity contribution is 6.01. The van der Waals surface area contributed by atoms with Gasteiger partial charge in [0, 0.05) is 25.6 Å². The predicted octanol–water partition coefficient (Wildman–Crippen LogP) is 0.987. The largest absolute Gasteiger partial charge is 0.378 e. The average Bonchev–Trinajstić information content (AvgIpc) is 2.89. The number of amides is 2. The Kier molecular flexibility index (Phi) is 6.69. The van der Waals surface area contributed by atoms with Crippen LogP contribution in [0, 0.1) is 11.6 Å². The molecule has 6 nitrogen and oxygen atoms in total. The third-order valence-electron chi connectivity index (χ3n) is 4.18. The molecule has 0 spiro atoms. The van der Waals surface area contributed by atoms with Crippen molar-refractivity contribution in [3.05, 3.63) is 29.8 Å². The van der Waals surface area contributed by atoms with E-state index in [2.05, 4.69) is 10.6 Å². The van der Waals surface area contributed by atoms with Crippen LogP contribution in [0.1, 0.15) is 12.8 Å². The van der Waals surface area contributed by atoms with Gasteiger partial charge in [-0.25, -0.2) is 8.78 Å². The summed E-state index contributed by atoms with van der Waals surface area (Å²) in [5, 5.41) is 5.80. The number of morpholine rings is 1. The van der Waals surface area contributed by atoms with Gasteiger partial charge in [-0.15, -0.1) is 12.4 Å². The molecular weight excluding hydrogens is 356 g/mol. The van der Waals surface area contributed by atoms with E-state index in [1.54, 1.807) is 0 Å². The number of benzene rings is 1. The summed E-state index contributed by atoms with van der Waals surface area (Å²) in [6.07, 6.45) is 0.505. The SMILES string of the molecule is Cl.O=C(CC1COCCN1)NC1CCN(c2c(F)cccc2F)C1=O. The maximum Gasteiger partial charge on any atom is 0.249 e. The number of nitrogens with zero attached hydrogens (tertiary/aromatic N) is 1. The number of para-hydroxylation sites is 1. The van der Waals surface area contributed by atoms with Gasteiger partial charge >= 0.3 is 0 Å². The molecule has 2 aliphatic heterocycles. The molecule has 0 aromatic heterocycles. The average molecular weight is 376 g/mol. The van der Waals surface area contributed by atoms with Crippen LogP contribution in [0.3, 0.4) is 0 Å². The Hall–Kier alpha value is -1.77. The zero-order valence-electron chi connectivity index (χ0n) is 13.5. The molecule has 0 aliphatic carbocycles. The van der Waals surface area contributed by atoms with Crippen molar-refractivity contribution in [2.45, 2.75) is 24.9 Å². The second kappa shape index (κ2) is 8.55. The minimum Gasteiger partial charge on any atom is -0.378 e. The van der Waals surface area contributed by atoms with Crippen LogP contribution >= 0.6 is 12.4 Å². The van der Waals surface area contributed by atoms with Gasteiger partial charge in [0.25, 0.3) is 0 Å². The molecular formula is C16H20ClF2N3O3. The van der Waals surface area contributed by atoms with Gasteiger partial charge in [0.1, 0.15) is 23.4 Å². The molecule has 1 aromatic rings. The van der Waals surface area contributed by atoms with Gasteiger partial charge in [0.05, 0.1) is 13.2 Å². The molecule has 2 aliphatic rings. The van der Waals surface area contributed by atoms with E-state index in [4.69, 9.17) is 4.74 Å². The minimum absolute atomic E-state index is 0. The normalized spacial score (nSPS) is 23.3. The lowest BCUT2D eigenvalue weighted by molar-refractivity contribution is -0.127. The van der Waals surface area contributed by atoms with E-state index >= 15 is 0 Å². The highest BCUT2D eigenvalue weighted by atomic mass is 35.5. The number of hydrogen-bond donors (Lipinski definition) is 2. The highest BCUT2D eigenvalue weighted by Gasteiger charge is 2.36. The van der Waals surface area contributed by atoms with Gasteiger partial charge in [-0.3, -0.25) is 9.59 Å². The maximum absolute atomic E-state index is 13.8. The summed E-state index contributed by atoms with van der Waals surface area (Å²) in [5.74, 6) is -2.37. The van der Waals surface area contributed by atoms with E-state index in [9.17, 15) is 18.4 Å². The van der Waals surface area contributed by atoms with Crippen molar-refractivity contribution in [1.82, 2.24) is 10.6 Å². The van der Waals surface area contributed by atoms with Crippen LogP contribution in [0.5, 0.6) is 0 Å². The Morgan fingerprint density at radius 2 is 2.08 bits per heavy atom. The second-order valence-corrected chi connectivity index (χ2v) is 5.90. The molecule has 2 atom stereocenters. The first-order valence-corrected chi connectivity index (χ1v) is 7.92. The molecule has 25 heavy (non-hydrogen) atoms. The Morgan fingerprint density at radius 1 is 1.36 bits per heavy atom. The number of nitrogens with one attached hydrogen (secondary N) is 2. The smallest absolute Gasteiger partial charge is 0.249 e. The van der Waals surface area contributed by atoms with E-state index in [1.807, 2.05) is 0 Å². The molecule has 0 bridgehead atoms. The number of rotatable bonds is 4. The van der Waals surface area contributed by atoms with Crippen LogP contribution in [0.2, 0.25) is 0 Å². The first kappa shape index (κ1) is 19.6. The van der Waals surface area contributed by atoms with Crippen LogP contribution in [0.4, 0.5) is 14.5 Å². The Bertz CT molecular complexity index is 621. The highest BCUT2D eigenvalue weighted by Crippen LogP contribution is 2.27. The van der Waals surface area contributed by atoms with Crippen molar-refractivity contribution in [1.29, 1.82) is 0 Å². The first-order valence-electron chi connectivity index (χ1n) is 7.92. The zero-order chi connectivity index (χ0) is 17.1. The van der Waals surface area contributed by atoms with E-state index in [0.29, 0.717) is 26.2 Å². The molecule has 2 fully saturated rings. The molecule has 9 heteroatoms. The molecule has 1 aromatic carbocycles. The lowest BCUT2D eigenvalue weighted by Crippen LogP contribution is -2.47. The quantitative estimate of drug-likeness (QED) is 0.823. The molecule has 2 amide bonds. The van der Waals surface area contributed by atoms with Crippen LogP contribution in [-0.4, -0.2) is 50.2 Å². The molecule has 0 saturated carbocycles. The van der Waals surface area contributed by atoms with E-state index in [0.717, 1.165) is 17.0 Å². The second-order valence-electron chi connectivity index (χ2n) is 5.90. The molecule has 2 heterocycles. The van der Waals surface area contributed by atoms with Crippen molar-refractivity contribution in [3.8, 4) is 0 Å². The number of ether oxygens (including phenoxy) is 1. The Balaban J connectivity index is 0.00000225. The van der Waals surface area contributed by atoms with E-state index < -0.39 is 23.6 Å². The third kappa shape index (κ3) is 4.45. The first-order chi connectivity index (χ1) is 11.6. The van der Waals surface area contributed by atoms with E-state index in [1.165, 1.54) is 6.07 Å². The molecule has 2 saturated heterocycles. The van der Waals surface area contributed by atoms with Gasteiger partial charge in [-0.05, 0) is 18.6 Å². The zero-order valence-corrected chi connectivity index (χ0v) is 14.3.